The fourth-order valence-electron chi connectivity index (χ4n) is 2.22. The molecule has 0 N–H and O–H groups in total. The number of anilines is 1. The van der Waals surface area contributed by atoms with Crippen LogP contribution in [0.5, 0.6) is 0 Å². The van der Waals surface area contributed by atoms with Gasteiger partial charge in [0.05, 0.1) is 18.4 Å². The fourth-order valence-corrected chi connectivity index (χ4v) is 2.46. The quantitative estimate of drug-likeness (QED) is 0.769. The lowest BCUT2D eigenvalue weighted by Gasteiger charge is -2.28. The summed E-state index contributed by atoms with van der Waals surface area (Å²) >= 11 is 6.27. The average Bonchev–Trinajstić information content (AvgIpc) is 2.51. The van der Waals surface area contributed by atoms with Crippen molar-refractivity contribution in [2.75, 3.05) is 18.1 Å². The molecule has 4 nitrogen and oxygen atoms in total. The molecule has 0 radical (unpaired) electrons. The summed E-state index contributed by atoms with van der Waals surface area (Å²) in [6.45, 7) is 4.46. The summed E-state index contributed by atoms with van der Waals surface area (Å²) in [7, 11) is 0. The minimum absolute atomic E-state index is 0.127. The third kappa shape index (κ3) is 4.45. The van der Waals surface area contributed by atoms with Crippen LogP contribution in [0, 0.1) is 0 Å². The van der Waals surface area contributed by atoms with Crippen molar-refractivity contribution in [2.24, 2.45) is 0 Å². The van der Waals surface area contributed by atoms with Gasteiger partial charge in [-0.1, -0.05) is 29.8 Å². The van der Waals surface area contributed by atoms with E-state index in [0.717, 1.165) is 5.56 Å². The van der Waals surface area contributed by atoms with Gasteiger partial charge in [-0.05, 0) is 32.9 Å². The molecule has 0 unspecified atom stereocenters. The summed E-state index contributed by atoms with van der Waals surface area (Å²) in [6, 6.07) is 9.00. The van der Waals surface area contributed by atoms with E-state index in [1.54, 1.807) is 39.1 Å². The standard InChI is InChI=1S/C18H20ClFN2O2/c1-18(2,3)24-17(23)22(11-9-20)16-12-21-10-8-14(16)13-6-4-5-7-15(13)19/h4-8,10,12H,9,11H2,1-3H3. The first-order valence-electron chi connectivity index (χ1n) is 7.59. The molecule has 1 aromatic heterocycles. The van der Waals surface area contributed by atoms with E-state index in [0.29, 0.717) is 16.3 Å². The molecule has 0 bridgehead atoms. The first-order chi connectivity index (χ1) is 11.3. The predicted octanol–water partition coefficient (Wildman–Crippen LogP) is 5.11. The smallest absolute Gasteiger partial charge is 0.414 e. The molecule has 0 aliphatic heterocycles. The lowest BCUT2D eigenvalue weighted by Crippen LogP contribution is -2.38. The van der Waals surface area contributed by atoms with Crippen molar-refractivity contribution in [1.82, 2.24) is 4.98 Å². The van der Waals surface area contributed by atoms with E-state index in [2.05, 4.69) is 4.98 Å². The maximum Gasteiger partial charge on any atom is 0.414 e. The van der Waals surface area contributed by atoms with E-state index in [4.69, 9.17) is 16.3 Å². The summed E-state index contributed by atoms with van der Waals surface area (Å²) in [5, 5.41) is 0.536. The van der Waals surface area contributed by atoms with E-state index in [1.165, 1.54) is 11.1 Å². The number of hydrogen-bond donors (Lipinski definition) is 0. The monoisotopic (exact) mass is 350 g/mol. The number of benzene rings is 1. The van der Waals surface area contributed by atoms with Crippen LogP contribution >= 0.6 is 11.6 Å². The zero-order chi connectivity index (χ0) is 17.7. The van der Waals surface area contributed by atoms with E-state index >= 15 is 0 Å². The van der Waals surface area contributed by atoms with Gasteiger partial charge < -0.3 is 4.74 Å². The number of amides is 1. The predicted molar refractivity (Wildman–Crippen MR) is 94.2 cm³/mol. The molecule has 24 heavy (non-hydrogen) atoms. The number of hydrogen-bond acceptors (Lipinski definition) is 3. The number of carbonyl (C=O) groups is 1. The number of halogens is 2. The molecule has 0 spiro atoms. The number of aromatic nitrogens is 1. The van der Waals surface area contributed by atoms with Crippen molar-refractivity contribution in [3.8, 4) is 11.1 Å². The van der Waals surface area contributed by atoms with Gasteiger partial charge in [-0.25, -0.2) is 9.18 Å². The van der Waals surface area contributed by atoms with Crippen LogP contribution in [-0.2, 0) is 4.74 Å². The summed E-state index contributed by atoms with van der Waals surface area (Å²) in [6.07, 6.45) is 2.49. The molecule has 128 valence electrons. The number of ether oxygens (including phenoxy) is 1. The molecule has 0 saturated heterocycles. The van der Waals surface area contributed by atoms with Crippen LogP contribution < -0.4 is 4.90 Å². The highest BCUT2D eigenvalue weighted by atomic mass is 35.5. The number of alkyl halides is 1. The molecule has 6 heteroatoms. The number of pyridine rings is 1. The maximum absolute atomic E-state index is 13.0. The molecule has 0 saturated carbocycles. The molecule has 0 atom stereocenters. The number of rotatable bonds is 4. The zero-order valence-electron chi connectivity index (χ0n) is 13.9. The Labute approximate surface area is 146 Å². The Hall–Kier alpha value is -2.14. The van der Waals surface area contributed by atoms with E-state index in [9.17, 15) is 9.18 Å². The zero-order valence-corrected chi connectivity index (χ0v) is 14.7. The Kier molecular flexibility index (Phi) is 5.78. The van der Waals surface area contributed by atoms with Gasteiger partial charge in [-0.15, -0.1) is 0 Å². The van der Waals surface area contributed by atoms with Crippen LogP contribution in [0.25, 0.3) is 11.1 Å². The molecule has 1 aromatic carbocycles. The van der Waals surface area contributed by atoms with E-state index in [1.807, 2.05) is 18.2 Å². The van der Waals surface area contributed by atoms with Crippen molar-refractivity contribution in [1.29, 1.82) is 0 Å². The highest BCUT2D eigenvalue weighted by Crippen LogP contribution is 2.35. The first kappa shape index (κ1) is 18.2. The molecular formula is C18H20ClFN2O2. The maximum atomic E-state index is 13.0. The third-order valence-electron chi connectivity index (χ3n) is 3.18. The van der Waals surface area contributed by atoms with Gasteiger partial charge in [-0.3, -0.25) is 9.88 Å². The van der Waals surface area contributed by atoms with Crippen LogP contribution in [0.4, 0.5) is 14.9 Å². The second-order valence-corrected chi connectivity index (χ2v) is 6.60. The van der Waals surface area contributed by atoms with Crippen molar-refractivity contribution in [3.63, 3.8) is 0 Å². The van der Waals surface area contributed by atoms with Gasteiger partial charge in [0.2, 0.25) is 0 Å². The van der Waals surface area contributed by atoms with Gasteiger partial charge in [0, 0.05) is 22.3 Å². The van der Waals surface area contributed by atoms with Gasteiger partial charge in [0.25, 0.3) is 0 Å². The highest BCUT2D eigenvalue weighted by molar-refractivity contribution is 6.33. The summed E-state index contributed by atoms with van der Waals surface area (Å²) in [5.41, 5.74) is 1.20. The van der Waals surface area contributed by atoms with Crippen molar-refractivity contribution >= 4 is 23.4 Å². The first-order valence-corrected chi connectivity index (χ1v) is 7.96. The lowest BCUT2D eigenvalue weighted by molar-refractivity contribution is 0.0578. The van der Waals surface area contributed by atoms with Crippen molar-refractivity contribution in [2.45, 2.75) is 26.4 Å². The Morgan fingerprint density at radius 2 is 1.96 bits per heavy atom. The van der Waals surface area contributed by atoms with E-state index < -0.39 is 18.4 Å². The van der Waals surface area contributed by atoms with Crippen LogP contribution in [-0.4, -0.2) is 29.9 Å². The largest absolute Gasteiger partial charge is 0.443 e. The van der Waals surface area contributed by atoms with Crippen LogP contribution in [0.15, 0.2) is 42.7 Å². The summed E-state index contributed by atoms with van der Waals surface area (Å²) < 4.78 is 18.4. The van der Waals surface area contributed by atoms with Crippen LogP contribution in [0.1, 0.15) is 20.8 Å². The lowest BCUT2D eigenvalue weighted by atomic mass is 10.0. The SMILES string of the molecule is CC(C)(C)OC(=O)N(CCF)c1cnccc1-c1ccccc1Cl. The van der Waals surface area contributed by atoms with Gasteiger partial charge in [0.15, 0.2) is 0 Å². The molecule has 2 rings (SSSR count). The highest BCUT2D eigenvalue weighted by Gasteiger charge is 2.25. The molecule has 0 aliphatic rings. The Morgan fingerprint density at radius 3 is 2.58 bits per heavy atom. The molecule has 1 amide bonds. The second-order valence-electron chi connectivity index (χ2n) is 6.19. The Bertz CT molecular complexity index is 716. The second kappa shape index (κ2) is 7.62. The number of carbonyl (C=O) groups excluding carboxylic acids is 1. The minimum Gasteiger partial charge on any atom is -0.443 e. The fraction of sp³-hybridized carbons (Fsp3) is 0.333. The number of nitrogens with zero attached hydrogens (tertiary/aromatic N) is 2. The van der Waals surface area contributed by atoms with Gasteiger partial charge in [-0.2, -0.15) is 0 Å². The van der Waals surface area contributed by atoms with E-state index in [-0.39, 0.29) is 6.54 Å². The normalized spacial score (nSPS) is 11.2. The Morgan fingerprint density at radius 1 is 1.25 bits per heavy atom. The van der Waals surface area contributed by atoms with Crippen molar-refractivity contribution in [3.05, 3.63) is 47.7 Å². The summed E-state index contributed by atoms with van der Waals surface area (Å²) in [4.78, 5) is 17.8. The Balaban J connectivity index is 2.48. The molecule has 0 fully saturated rings. The summed E-state index contributed by atoms with van der Waals surface area (Å²) in [5.74, 6) is 0. The molecule has 1 heterocycles. The molecular weight excluding hydrogens is 331 g/mol. The topological polar surface area (TPSA) is 42.4 Å². The average molecular weight is 351 g/mol. The minimum atomic E-state index is -0.698. The van der Waals surface area contributed by atoms with Crippen LogP contribution in [0.2, 0.25) is 5.02 Å². The molecule has 0 aliphatic carbocycles. The van der Waals surface area contributed by atoms with Gasteiger partial charge >= 0.3 is 6.09 Å². The third-order valence-corrected chi connectivity index (χ3v) is 3.51. The van der Waals surface area contributed by atoms with Gasteiger partial charge in [0.1, 0.15) is 12.3 Å². The van der Waals surface area contributed by atoms with Crippen molar-refractivity contribution < 1.29 is 13.9 Å². The van der Waals surface area contributed by atoms with Crippen LogP contribution in [0.3, 0.4) is 0 Å². The molecule has 2 aromatic rings.